The first-order chi connectivity index (χ1) is 9.83. The second-order valence-corrected chi connectivity index (χ2v) is 6.66. The fourth-order valence-electron chi connectivity index (χ4n) is 3.46. The predicted molar refractivity (Wildman–Crippen MR) is 92.6 cm³/mol. The first kappa shape index (κ1) is 17.5. The molecule has 0 aromatic carbocycles. The first-order valence-electron chi connectivity index (χ1n) is 7.22. The van der Waals surface area contributed by atoms with Crippen LogP contribution in [0.3, 0.4) is 0 Å². The maximum atomic E-state index is 12.7. The number of likely N-dealkylation sites (tertiary alicyclic amines) is 1. The highest BCUT2D eigenvalue weighted by Gasteiger charge is 2.32. The topological polar surface area (TPSA) is 49.6 Å². The van der Waals surface area contributed by atoms with Crippen molar-refractivity contribution in [3.05, 3.63) is 23.6 Å². The zero-order chi connectivity index (χ0) is 13.5. The molecule has 8 heteroatoms. The molecular weight excluding hydrogens is 343 g/mol. The zero-order valence-electron chi connectivity index (χ0n) is 12.1. The molecular formula is C14H20Cl2N4OS. The zero-order valence-corrected chi connectivity index (χ0v) is 14.6. The number of carbonyl (C=O) groups is 1. The number of amides is 1. The summed E-state index contributed by atoms with van der Waals surface area (Å²) in [5, 5.41) is 5.42. The Labute approximate surface area is 145 Å². The van der Waals surface area contributed by atoms with E-state index in [2.05, 4.69) is 10.3 Å². The summed E-state index contributed by atoms with van der Waals surface area (Å²) in [5.74, 6) is 1.66. The lowest BCUT2D eigenvalue weighted by Crippen LogP contribution is -2.33. The molecule has 2 aromatic heterocycles. The van der Waals surface area contributed by atoms with E-state index in [0.29, 0.717) is 0 Å². The fraction of sp³-hybridized carbons (Fsp3) is 0.571. The average molecular weight is 363 g/mol. The smallest absolute Gasteiger partial charge is 0.271 e. The summed E-state index contributed by atoms with van der Waals surface area (Å²) in [5.41, 5.74) is 0.757. The molecule has 0 spiro atoms. The Hall–Kier alpha value is -0.820. The normalized spacial score (nSPS) is 24.3. The minimum Gasteiger partial charge on any atom is -0.337 e. The molecule has 2 aliphatic heterocycles. The highest BCUT2D eigenvalue weighted by molar-refractivity contribution is 7.15. The molecule has 22 heavy (non-hydrogen) atoms. The molecule has 1 amide bonds. The van der Waals surface area contributed by atoms with Gasteiger partial charge in [-0.15, -0.1) is 36.2 Å². The number of nitrogens with zero attached hydrogens (tertiary/aromatic N) is 3. The Bertz CT molecular complexity index is 630. The lowest BCUT2D eigenvalue weighted by atomic mass is 9.92. The molecule has 2 atom stereocenters. The van der Waals surface area contributed by atoms with Gasteiger partial charge in [0, 0.05) is 18.5 Å². The van der Waals surface area contributed by atoms with Crippen molar-refractivity contribution >= 4 is 46.9 Å². The summed E-state index contributed by atoms with van der Waals surface area (Å²) in [7, 11) is 0. The van der Waals surface area contributed by atoms with Gasteiger partial charge in [0.05, 0.1) is 6.20 Å². The van der Waals surface area contributed by atoms with E-state index >= 15 is 0 Å². The maximum absolute atomic E-state index is 12.7. The van der Waals surface area contributed by atoms with Crippen LogP contribution < -0.4 is 5.32 Å². The van der Waals surface area contributed by atoms with Gasteiger partial charge >= 0.3 is 0 Å². The highest BCUT2D eigenvalue weighted by atomic mass is 35.5. The van der Waals surface area contributed by atoms with E-state index in [-0.39, 0.29) is 30.7 Å². The summed E-state index contributed by atoms with van der Waals surface area (Å²) < 4.78 is 1.90. The molecule has 0 saturated carbocycles. The third-order valence-electron chi connectivity index (χ3n) is 4.68. The third-order valence-corrected chi connectivity index (χ3v) is 5.57. The Morgan fingerprint density at radius 3 is 2.59 bits per heavy atom. The van der Waals surface area contributed by atoms with E-state index < -0.39 is 0 Å². The third kappa shape index (κ3) is 2.97. The van der Waals surface area contributed by atoms with Crippen molar-refractivity contribution in [2.24, 2.45) is 11.8 Å². The van der Waals surface area contributed by atoms with Crippen LogP contribution in [0.25, 0.3) is 4.83 Å². The van der Waals surface area contributed by atoms with Gasteiger partial charge in [-0.25, -0.2) is 4.98 Å². The predicted octanol–water partition coefficient (Wildman–Crippen LogP) is 2.31. The van der Waals surface area contributed by atoms with Crippen LogP contribution in [-0.2, 0) is 0 Å². The highest BCUT2D eigenvalue weighted by Crippen LogP contribution is 2.28. The van der Waals surface area contributed by atoms with Crippen LogP contribution in [-0.4, -0.2) is 46.4 Å². The second kappa shape index (κ2) is 7.17. The quantitative estimate of drug-likeness (QED) is 0.846. The van der Waals surface area contributed by atoms with Crippen LogP contribution in [0, 0.1) is 11.8 Å². The monoisotopic (exact) mass is 362 g/mol. The number of thiazole rings is 1. The van der Waals surface area contributed by atoms with Crippen molar-refractivity contribution in [1.82, 2.24) is 19.6 Å². The molecule has 2 fully saturated rings. The first-order valence-corrected chi connectivity index (χ1v) is 8.10. The number of imidazole rings is 1. The molecule has 2 aromatic rings. The summed E-state index contributed by atoms with van der Waals surface area (Å²) in [6, 6.07) is 0. The molecule has 0 radical (unpaired) electrons. The van der Waals surface area contributed by atoms with Crippen LogP contribution in [0.1, 0.15) is 23.3 Å². The van der Waals surface area contributed by atoms with Crippen molar-refractivity contribution in [3.8, 4) is 0 Å². The van der Waals surface area contributed by atoms with Gasteiger partial charge in [0.1, 0.15) is 16.9 Å². The van der Waals surface area contributed by atoms with Crippen molar-refractivity contribution in [2.75, 3.05) is 26.2 Å². The molecule has 5 nitrogen and oxygen atoms in total. The largest absolute Gasteiger partial charge is 0.337 e. The van der Waals surface area contributed by atoms with Gasteiger partial charge in [0.15, 0.2) is 0 Å². The maximum Gasteiger partial charge on any atom is 0.271 e. The van der Waals surface area contributed by atoms with Crippen LogP contribution in [0.2, 0.25) is 0 Å². The summed E-state index contributed by atoms with van der Waals surface area (Å²) in [4.78, 5) is 19.9. The van der Waals surface area contributed by atoms with Gasteiger partial charge in [0.25, 0.3) is 5.91 Å². The van der Waals surface area contributed by atoms with Gasteiger partial charge in [0.2, 0.25) is 0 Å². The minimum absolute atomic E-state index is 0. The molecule has 4 rings (SSSR count). The summed E-state index contributed by atoms with van der Waals surface area (Å²) in [6.07, 6.45) is 5.79. The molecule has 0 bridgehead atoms. The van der Waals surface area contributed by atoms with E-state index in [1.165, 1.54) is 0 Å². The van der Waals surface area contributed by atoms with Crippen LogP contribution in [0.4, 0.5) is 0 Å². The van der Waals surface area contributed by atoms with Crippen molar-refractivity contribution in [3.63, 3.8) is 0 Å². The lowest BCUT2D eigenvalue weighted by Gasteiger charge is -2.20. The van der Waals surface area contributed by atoms with Crippen molar-refractivity contribution in [1.29, 1.82) is 0 Å². The van der Waals surface area contributed by atoms with Crippen LogP contribution in [0.5, 0.6) is 0 Å². The fourth-order valence-corrected chi connectivity index (χ4v) is 4.29. The van der Waals surface area contributed by atoms with Gasteiger partial charge in [-0.2, -0.15) is 0 Å². The second-order valence-electron chi connectivity index (χ2n) is 5.77. The number of carbonyl (C=O) groups excluding carboxylic acids is 1. The SMILES string of the molecule is Cl.Cl.O=C(c1csc2cncn12)N1CC[C@@H]2CNC[C@@H]2CC1. The lowest BCUT2D eigenvalue weighted by molar-refractivity contribution is 0.0752. The van der Waals surface area contributed by atoms with Crippen LogP contribution in [0.15, 0.2) is 17.9 Å². The molecule has 0 unspecified atom stereocenters. The van der Waals surface area contributed by atoms with Crippen molar-refractivity contribution < 1.29 is 4.79 Å². The number of halogens is 2. The van der Waals surface area contributed by atoms with E-state index in [4.69, 9.17) is 0 Å². The Morgan fingerprint density at radius 1 is 1.23 bits per heavy atom. The van der Waals surface area contributed by atoms with Gasteiger partial charge in [-0.3, -0.25) is 9.20 Å². The number of rotatable bonds is 1. The molecule has 1 N–H and O–H groups in total. The Balaban J connectivity index is 0.000000882. The minimum atomic E-state index is 0. The van der Waals surface area contributed by atoms with Gasteiger partial charge in [-0.05, 0) is 37.8 Å². The number of hydrogen-bond donors (Lipinski definition) is 1. The molecule has 0 aliphatic carbocycles. The average Bonchev–Trinajstić information content (AvgIpc) is 3.12. The van der Waals surface area contributed by atoms with Crippen molar-refractivity contribution in [2.45, 2.75) is 12.8 Å². The van der Waals surface area contributed by atoms with E-state index in [1.807, 2.05) is 14.7 Å². The standard InChI is InChI=1S/C14H18N4OS.2ClH/c19-14(12-8-20-13-7-16-9-18(12)13)17-3-1-10-5-15-6-11(10)2-4-17;;/h7-11,15H,1-6H2;2*1H/t10-,11+;;. The summed E-state index contributed by atoms with van der Waals surface area (Å²) >= 11 is 1.58. The Morgan fingerprint density at radius 2 is 1.91 bits per heavy atom. The van der Waals surface area contributed by atoms with E-state index in [9.17, 15) is 4.79 Å². The number of nitrogens with one attached hydrogen (secondary N) is 1. The number of hydrogen-bond acceptors (Lipinski definition) is 4. The Kier molecular flexibility index (Phi) is 5.71. The molecule has 122 valence electrons. The van der Waals surface area contributed by atoms with E-state index in [0.717, 1.165) is 61.4 Å². The summed E-state index contributed by atoms with van der Waals surface area (Å²) in [6.45, 7) is 4.01. The number of fused-ring (bicyclic) bond motifs is 2. The molecule has 2 aliphatic rings. The molecule has 4 heterocycles. The molecule has 2 saturated heterocycles. The van der Waals surface area contributed by atoms with Gasteiger partial charge in [-0.1, -0.05) is 0 Å². The van der Waals surface area contributed by atoms with Crippen LogP contribution >= 0.6 is 36.2 Å². The van der Waals surface area contributed by atoms with Gasteiger partial charge < -0.3 is 10.2 Å². The number of aromatic nitrogens is 2. The van der Waals surface area contributed by atoms with E-state index in [1.54, 1.807) is 23.9 Å².